The van der Waals surface area contributed by atoms with Crippen molar-refractivity contribution in [1.82, 2.24) is 0 Å². The number of hydrogen-bond donors (Lipinski definition) is 1. The third-order valence-corrected chi connectivity index (χ3v) is 2.16. The molecule has 82 valence electrons. The predicted octanol–water partition coefficient (Wildman–Crippen LogP) is 3.68. The van der Waals surface area contributed by atoms with E-state index in [0.717, 1.165) is 0 Å². The number of phenolic OH excluding ortho intramolecular Hbond substituents is 1. The third kappa shape index (κ3) is 2.47. The highest BCUT2D eigenvalue weighted by molar-refractivity contribution is 5.59. The first-order chi connectivity index (χ1) is 8.31. The van der Waals surface area contributed by atoms with E-state index in [1.54, 1.807) is 24.3 Å². The lowest BCUT2D eigenvalue weighted by atomic mass is 10.2. The van der Waals surface area contributed by atoms with Crippen molar-refractivity contribution >= 4 is 11.4 Å². The van der Waals surface area contributed by atoms with E-state index in [1.165, 1.54) is 6.07 Å². The fraction of sp³-hybridized carbons (Fsp3) is 0. The van der Waals surface area contributed by atoms with Crippen LogP contribution < -0.4 is 0 Å². The summed E-state index contributed by atoms with van der Waals surface area (Å²) in [5.74, 6) is -0.0861. The van der Waals surface area contributed by atoms with E-state index in [0.29, 0.717) is 11.4 Å². The number of hydrogen-bond acceptors (Lipinski definition) is 4. The molecule has 0 fully saturated rings. The van der Waals surface area contributed by atoms with Crippen LogP contribution in [-0.2, 0) is 0 Å². The molecule has 2 rings (SSSR count). The Bertz CT molecular complexity index is 585. The average molecular weight is 223 g/mol. The second kappa shape index (κ2) is 4.90. The van der Waals surface area contributed by atoms with Crippen LogP contribution in [0.1, 0.15) is 5.56 Å². The van der Waals surface area contributed by atoms with Gasteiger partial charge in [0.15, 0.2) is 0 Å². The van der Waals surface area contributed by atoms with Crippen LogP contribution in [0, 0.1) is 11.3 Å². The maximum absolute atomic E-state index is 9.46. The second-order valence-corrected chi connectivity index (χ2v) is 3.32. The van der Waals surface area contributed by atoms with Crippen molar-refractivity contribution in [3.8, 4) is 11.8 Å². The number of aromatic hydroxyl groups is 1. The molecule has 0 bridgehead atoms. The van der Waals surface area contributed by atoms with Crippen molar-refractivity contribution in [1.29, 1.82) is 5.26 Å². The number of phenols is 1. The second-order valence-electron chi connectivity index (χ2n) is 3.32. The molecule has 0 aliphatic carbocycles. The van der Waals surface area contributed by atoms with Gasteiger partial charge in [-0.05, 0) is 24.3 Å². The molecule has 0 amide bonds. The Labute approximate surface area is 98.5 Å². The monoisotopic (exact) mass is 223 g/mol. The van der Waals surface area contributed by atoms with Gasteiger partial charge in [-0.1, -0.05) is 24.3 Å². The first-order valence-corrected chi connectivity index (χ1v) is 5.00. The summed E-state index contributed by atoms with van der Waals surface area (Å²) >= 11 is 0. The highest BCUT2D eigenvalue weighted by Gasteiger charge is 2.05. The van der Waals surface area contributed by atoms with Gasteiger partial charge in [0.1, 0.15) is 23.1 Å². The summed E-state index contributed by atoms with van der Waals surface area (Å²) in [6.45, 7) is 0. The quantitative estimate of drug-likeness (QED) is 0.789. The van der Waals surface area contributed by atoms with Crippen molar-refractivity contribution in [3.63, 3.8) is 0 Å². The summed E-state index contributed by atoms with van der Waals surface area (Å²) in [6, 6.07) is 15.8. The van der Waals surface area contributed by atoms with Crippen LogP contribution in [-0.4, -0.2) is 5.11 Å². The molecule has 0 aromatic heterocycles. The van der Waals surface area contributed by atoms with Gasteiger partial charge in [-0.3, -0.25) is 0 Å². The molecular formula is C13H9N3O. The van der Waals surface area contributed by atoms with Crippen LogP contribution in [0.2, 0.25) is 0 Å². The molecule has 0 spiro atoms. The van der Waals surface area contributed by atoms with Crippen molar-refractivity contribution in [2.24, 2.45) is 10.2 Å². The molecule has 0 unspecified atom stereocenters. The van der Waals surface area contributed by atoms with E-state index in [1.807, 2.05) is 24.3 Å². The topological polar surface area (TPSA) is 68.7 Å². The van der Waals surface area contributed by atoms with E-state index in [4.69, 9.17) is 5.26 Å². The Kier molecular flexibility index (Phi) is 3.13. The Balaban J connectivity index is 2.35. The van der Waals surface area contributed by atoms with Crippen LogP contribution in [0.3, 0.4) is 0 Å². The van der Waals surface area contributed by atoms with Crippen LogP contribution in [0.4, 0.5) is 11.4 Å². The third-order valence-electron chi connectivity index (χ3n) is 2.16. The molecule has 0 aliphatic rings. The summed E-state index contributed by atoms with van der Waals surface area (Å²) in [4.78, 5) is 0. The van der Waals surface area contributed by atoms with E-state index < -0.39 is 0 Å². The highest BCUT2D eigenvalue weighted by Crippen LogP contribution is 2.28. The smallest absolute Gasteiger partial charge is 0.135 e. The molecule has 0 heterocycles. The standard InChI is InChI=1S/C13H9N3O/c14-9-11-12(7-4-8-13(11)17)16-15-10-5-2-1-3-6-10/h1-8,17H. The van der Waals surface area contributed by atoms with Crippen molar-refractivity contribution < 1.29 is 5.11 Å². The zero-order valence-electron chi connectivity index (χ0n) is 8.91. The summed E-state index contributed by atoms with van der Waals surface area (Å²) in [6.07, 6.45) is 0. The minimum Gasteiger partial charge on any atom is -0.506 e. The maximum atomic E-state index is 9.46. The van der Waals surface area contributed by atoms with Crippen molar-refractivity contribution in [2.75, 3.05) is 0 Å². The van der Waals surface area contributed by atoms with E-state index in [9.17, 15) is 5.11 Å². The summed E-state index contributed by atoms with van der Waals surface area (Å²) < 4.78 is 0. The van der Waals surface area contributed by atoms with Crippen LogP contribution in [0.15, 0.2) is 58.8 Å². The number of nitriles is 1. The Morgan fingerprint density at radius 1 is 0.941 bits per heavy atom. The first kappa shape index (κ1) is 10.8. The van der Waals surface area contributed by atoms with E-state index >= 15 is 0 Å². The van der Waals surface area contributed by atoms with Gasteiger partial charge < -0.3 is 5.11 Å². The van der Waals surface area contributed by atoms with Crippen molar-refractivity contribution in [3.05, 3.63) is 54.1 Å². The normalized spacial score (nSPS) is 10.3. The molecule has 0 saturated heterocycles. The van der Waals surface area contributed by atoms with Gasteiger partial charge in [0.05, 0.1) is 5.69 Å². The Morgan fingerprint density at radius 2 is 1.71 bits per heavy atom. The summed E-state index contributed by atoms with van der Waals surface area (Å²) in [7, 11) is 0. The highest BCUT2D eigenvalue weighted by atomic mass is 16.3. The Morgan fingerprint density at radius 3 is 2.41 bits per heavy atom. The molecule has 17 heavy (non-hydrogen) atoms. The number of nitrogens with zero attached hydrogens (tertiary/aromatic N) is 3. The van der Waals surface area contributed by atoms with Gasteiger partial charge in [0, 0.05) is 0 Å². The fourth-order valence-electron chi connectivity index (χ4n) is 1.33. The van der Waals surface area contributed by atoms with E-state index in [2.05, 4.69) is 10.2 Å². The summed E-state index contributed by atoms with van der Waals surface area (Å²) in [5.41, 5.74) is 1.18. The van der Waals surface area contributed by atoms with Gasteiger partial charge in [-0.25, -0.2) is 0 Å². The lowest BCUT2D eigenvalue weighted by molar-refractivity contribution is 0.473. The lowest BCUT2D eigenvalue weighted by Gasteiger charge is -1.98. The largest absolute Gasteiger partial charge is 0.506 e. The number of rotatable bonds is 2. The zero-order valence-corrected chi connectivity index (χ0v) is 8.91. The SMILES string of the molecule is N#Cc1c(O)cccc1N=Nc1ccccc1. The van der Waals surface area contributed by atoms with Gasteiger partial charge in [-0.15, -0.1) is 5.11 Å². The molecule has 2 aromatic carbocycles. The van der Waals surface area contributed by atoms with Gasteiger partial charge in [-0.2, -0.15) is 10.4 Å². The first-order valence-electron chi connectivity index (χ1n) is 5.00. The van der Waals surface area contributed by atoms with Crippen LogP contribution in [0.25, 0.3) is 0 Å². The Hall–Kier alpha value is -2.67. The molecule has 1 N–H and O–H groups in total. The fourth-order valence-corrected chi connectivity index (χ4v) is 1.33. The van der Waals surface area contributed by atoms with Crippen LogP contribution >= 0.6 is 0 Å². The molecule has 0 radical (unpaired) electrons. The maximum Gasteiger partial charge on any atom is 0.135 e. The van der Waals surface area contributed by atoms with Gasteiger partial charge in [0.2, 0.25) is 0 Å². The molecule has 4 heteroatoms. The number of benzene rings is 2. The molecule has 0 atom stereocenters. The van der Waals surface area contributed by atoms with E-state index in [-0.39, 0.29) is 11.3 Å². The van der Waals surface area contributed by atoms with Crippen molar-refractivity contribution in [2.45, 2.75) is 0 Å². The molecule has 2 aromatic rings. The zero-order chi connectivity index (χ0) is 12.1. The molecule has 4 nitrogen and oxygen atoms in total. The average Bonchev–Trinajstić information content (AvgIpc) is 2.37. The van der Waals surface area contributed by atoms with Crippen LogP contribution in [0.5, 0.6) is 5.75 Å². The molecular weight excluding hydrogens is 214 g/mol. The van der Waals surface area contributed by atoms with Gasteiger partial charge in [0.25, 0.3) is 0 Å². The minimum absolute atomic E-state index is 0.0861. The molecule has 0 saturated carbocycles. The molecule has 0 aliphatic heterocycles. The predicted molar refractivity (Wildman–Crippen MR) is 63.4 cm³/mol. The van der Waals surface area contributed by atoms with Gasteiger partial charge >= 0.3 is 0 Å². The summed E-state index contributed by atoms with van der Waals surface area (Å²) in [5, 5.41) is 26.3. The minimum atomic E-state index is -0.0861. The number of azo groups is 1. The lowest BCUT2D eigenvalue weighted by Crippen LogP contribution is -1.76.